The van der Waals surface area contributed by atoms with E-state index in [2.05, 4.69) is 10.2 Å². The van der Waals surface area contributed by atoms with Crippen LogP contribution in [0.3, 0.4) is 0 Å². The van der Waals surface area contributed by atoms with E-state index in [4.69, 9.17) is 0 Å². The summed E-state index contributed by atoms with van der Waals surface area (Å²) in [5.41, 5.74) is 1.76. The van der Waals surface area contributed by atoms with Crippen LogP contribution in [0.5, 0.6) is 0 Å². The predicted molar refractivity (Wildman–Crippen MR) is 73.7 cm³/mol. The lowest BCUT2D eigenvalue weighted by atomic mass is 10.1. The number of nitrogens with one attached hydrogen (secondary N) is 1. The first-order chi connectivity index (χ1) is 9.28. The minimum Gasteiger partial charge on any atom is -0.396 e. The molecule has 2 N–H and O–H groups in total. The minimum atomic E-state index is -0.127. The maximum absolute atomic E-state index is 14.0. The highest BCUT2D eigenvalue weighted by molar-refractivity contribution is 5.55. The summed E-state index contributed by atoms with van der Waals surface area (Å²) in [7, 11) is 0. The smallest absolute Gasteiger partial charge is 0.129 e. The van der Waals surface area contributed by atoms with Crippen LogP contribution >= 0.6 is 0 Å². The van der Waals surface area contributed by atoms with Crippen molar-refractivity contribution in [3.63, 3.8) is 0 Å². The summed E-state index contributed by atoms with van der Waals surface area (Å²) in [5.74, 6) is 0.200. The van der Waals surface area contributed by atoms with Gasteiger partial charge in [0.05, 0.1) is 0 Å². The molecule has 0 spiro atoms. The first-order valence-corrected chi connectivity index (χ1v) is 7.14. The first-order valence-electron chi connectivity index (χ1n) is 7.14. The maximum atomic E-state index is 14.0. The number of aliphatic hydroxyl groups excluding tert-OH is 1. The van der Waals surface area contributed by atoms with Crippen LogP contribution in [0.1, 0.15) is 24.8 Å². The molecular weight excluding hydrogens is 243 g/mol. The van der Waals surface area contributed by atoms with E-state index in [0.717, 1.165) is 30.8 Å². The van der Waals surface area contributed by atoms with Crippen LogP contribution in [0.4, 0.5) is 10.1 Å². The molecule has 1 aromatic rings. The third kappa shape index (κ3) is 2.90. The van der Waals surface area contributed by atoms with Gasteiger partial charge in [-0.05, 0) is 31.4 Å². The molecule has 2 fully saturated rings. The number of aliphatic hydroxyl groups is 1. The molecule has 1 aromatic carbocycles. The van der Waals surface area contributed by atoms with Gasteiger partial charge in [0, 0.05) is 49.5 Å². The molecule has 1 aliphatic heterocycles. The van der Waals surface area contributed by atoms with Gasteiger partial charge < -0.3 is 15.3 Å². The highest BCUT2D eigenvalue weighted by atomic mass is 19.1. The summed E-state index contributed by atoms with van der Waals surface area (Å²) in [6.45, 7) is 2.57. The third-order valence-corrected chi connectivity index (χ3v) is 4.12. The van der Waals surface area contributed by atoms with Gasteiger partial charge in [0.25, 0.3) is 0 Å². The molecule has 2 aliphatic rings. The number of nitrogens with zero attached hydrogens (tertiary/aromatic N) is 1. The van der Waals surface area contributed by atoms with E-state index in [0.29, 0.717) is 18.5 Å². The Bertz CT molecular complexity index is 448. The van der Waals surface area contributed by atoms with Crippen molar-refractivity contribution in [1.29, 1.82) is 0 Å². The van der Waals surface area contributed by atoms with Crippen molar-refractivity contribution in [2.45, 2.75) is 31.8 Å². The Morgan fingerprint density at radius 1 is 1.32 bits per heavy atom. The van der Waals surface area contributed by atoms with Crippen molar-refractivity contribution < 1.29 is 9.50 Å². The van der Waals surface area contributed by atoms with Crippen LogP contribution in [0, 0.1) is 11.7 Å². The third-order valence-electron chi connectivity index (χ3n) is 4.12. The monoisotopic (exact) mass is 264 g/mol. The van der Waals surface area contributed by atoms with Crippen molar-refractivity contribution in [3.05, 3.63) is 29.6 Å². The molecule has 0 aromatic heterocycles. The first kappa shape index (κ1) is 12.9. The Kier molecular flexibility index (Phi) is 3.71. The largest absolute Gasteiger partial charge is 0.396 e. The molecule has 0 radical (unpaired) electrons. The molecule has 1 heterocycles. The second kappa shape index (κ2) is 5.47. The minimum absolute atomic E-state index is 0.127. The van der Waals surface area contributed by atoms with Crippen molar-refractivity contribution in [3.8, 4) is 0 Å². The SMILES string of the molecule is OCC1CCN(c2cccc(F)c2CNC2CC2)C1. The summed E-state index contributed by atoms with van der Waals surface area (Å²) in [4.78, 5) is 2.20. The Balaban J connectivity index is 1.77. The number of hydrogen-bond acceptors (Lipinski definition) is 3. The van der Waals surface area contributed by atoms with E-state index in [1.807, 2.05) is 6.07 Å². The van der Waals surface area contributed by atoms with Crippen LogP contribution < -0.4 is 10.2 Å². The highest BCUT2D eigenvalue weighted by Crippen LogP contribution is 2.29. The number of hydrogen-bond donors (Lipinski definition) is 2. The maximum Gasteiger partial charge on any atom is 0.129 e. The molecule has 1 saturated heterocycles. The normalized spacial score (nSPS) is 23.1. The predicted octanol–water partition coefficient (Wildman–Crippen LogP) is 1.90. The lowest BCUT2D eigenvalue weighted by molar-refractivity contribution is 0.238. The zero-order chi connectivity index (χ0) is 13.2. The van der Waals surface area contributed by atoms with Crippen molar-refractivity contribution in [2.75, 3.05) is 24.6 Å². The average Bonchev–Trinajstić information content (AvgIpc) is 3.12. The Morgan fingerprint density at radius 2 is 2.16 bits per heavy atom. The quantitative estimate of drug-likeness (QED) is 0.852. The van der Waals surface area contributed by atoms with Gasteiger partial charge in [0.1, 0.15) is 5.82 Å². The van der Waals surface area contributed by atoms with Gasteiger partial charge in [0.15, 0.2) is 0 Å². The summed E-state index contributed by atoms with van der Waals surface area (Å²) < 4.78 is 14.0. The Morgan fingerprint density at radius 3 is 2.84 bits per heavy atom. The highest BCUT2D eigenvalue weighted by Gasteiger charge is 2.26. The van der Waals surface area contributed by atoms with Crippen LogP contribution in [0.15, 0.2) is 18.2 Å². The van der Waals surface area contributed by atoms with Gasteiger partial charge in [-0.3, -0.25) is 0 Å². The van der Waals surface area contributed by atoms with E-state index in [9.17, 15) is 9.50 Å². The second-order valence-electron chi connectivity index (χ2n) is 5.68. The van der Waals surface area contributed by atoms with E-state index >= 15 is 0 Å². The zero-order valence-corrected chi connectivity index (χ0v) is 11.1. The van der Waals surface area contributed by atoms with Gasteiger partial charge in [-0.2, -0.15) is 0 Å². The van der Waals surface area contributed by atoms with Crippen molar-refractivity contribution in [1.82, 2.24) is 5.32 Å². The molecule has 104 valence electrons. The topological polar surface area (TPSA) is 35.5 Å². The van der Waals surface area contributed by atoms with E-state index in [1.165, 1.54) is 18.9 Å². The Labute approximate surface area is 113 Å². The van der Waals surface area contributed by atoms with E-state index in [1.54, 1.807) is 6.07 Å². The van der Waals surface area contributed by atoms with Crippen molar-refractivity contribution >= 4 is 5.69 Å². The van der Waals surface area contributed by atoms with E-state index in [-0.39, 0.29) is 12.4 Å². The summed E-state index contributed by atoms with van der Waals surface area (Å²) in [6.07, 6.45) is 3.41. The fraction of sp³-hybridized carbons (Fsp3) is 0.600. The van der Waals surface area contributed by atoms with E-state index < -0.39 is 0 Å². The fourth-order valence-corrected chi connectivity index (χ4v) is 2.75. The number of halogens is 1. The lowest BCUT2D eigenvalue weighted by Crippen LogP contribution is -2.25. The standard InChI is InChI=1S/C15H21FN2O/c16-14-2-1-3-15(13(14)8-17-12-4-5-12)18-7-6-11(9-18)10-19/h1-3,11-12,17,19H,4-10H2. The van der Waals surface area contributed by atoms with Gasteiger partial charge in [-0.15, -0.1) is 0 Å². The molecule has 0 amide bonds. The van der Waals surface area contributed by atoms with Crippen LogP contribution in [-0.4, -0.2) is 30.8 Å². The summed E-state index contributed by atoms with van der Waals surface area (Å²) in [5, 5.41) is 12.6. The van der Waals surface area contributed by atoms with Crippen LogP contribution in [0.2, 0.25) is 0 Å². The molecule has 1 unspecified atom stereocenters. The summed E-state index contributed by atoms with van der Waals surface area (Å²) in [6, 6.07) is 5.88. The van der Waals surface area contributed by atoms with Crippen LogP contribution in [0.25, 0.3) is 0 Å². The zero-order valence-electron chi connectivity index (χ0n) is 11.1. The second-order valence-corrected chi connectivity index (χ2v) is 5.68. The van der Waals surface area contributed by atoms with Crippen LogP contribution in [-0.2, 0) is 6.54 Å². The molecular formula is C15H21FN2O. The number of rotatable bonds is 5. The molecule has 3 nitrogen and oxygen atoms in total. The Hall–Kier alpha value is -1.13. The molecule has 1 atom stereocenters. The fourth-order valence-electron chi connectivity index (χ4n) is 2.75. The van der Waals surface area contributed by atoms with Gasteiger partial charge in [-0.1, -0.05) is 6.07 Å². The number of benzene rings is 1. The average molecular weight is 264 g/mol. The summed E-state index contributed by atoms with van der Waals surface area (Å²) >= 11 is 0. The molecule has 19 heavy (non-hydrogen) atoms. The van der Waals surface area contributed by atoms with Gasteiger partial charge >= 0.3 is 0 Å². The lowest BCUT2D eigenvalue weighted by Gasteiger charge is -2.22. The van der Waals surface area contributed by atoms with Gasteiger partial charge in [0.2, 0.25) is 0 Å². The van der Waals surface area contributed by atoms with Gasteiger partial charge in [-0.25, -0.2) is 4.39 Å². The molecule has 0 bridgehead atoms. The number of anilines is 1. The van der Waals surface area contributed by atoms with Crippen molar-refractivity contribution in [2.24, 2.45) is 5.92 Å². The molecule has 1 aliphatic carbocycles. The molecule has 3 rings (SSSR count). The molecule has 1 saturated carbocycles. The molecule has 4 heteroatoms.